The molecule has 1 amide bonds. The maximum atomic E-state index is 13.4. The molecule has 0 fully saturated rings. The molecule has 0 bridgehead atoms. The third-order valence-electron chi connectivity index (χ3n) is 21.4. The van der Waals surface area contributed by atoms with E-state index in [9.17, 15) is 39.0 Å². The van der Waals surface area contributed by atoms with Crippen molar-refractivity contribution < 1.29 is 24.5 Å². The van der Waals surface area contributed by atoms with Crippen LogP contribution in [0.3, 0.4) is 0 Å². The third kappa shape index (κ3) is 20.4. The summed E-state index contributed by atoms with van der Waals surface area (Å²) in [7, 11) is 0. The van der Waals surface area contributed by atoms with Crippen LogP contribution >= 0.6 is 61.1 Å². The number of alkyl halides is 1. The highest BCUT2D eigenvalue weighted by Crippen LogP contribution is 2.34. The molecule has 0 saturated heterocycles. The van der Waals surface area contributed by atoms with Crippen LogP contribution in [0, 0.1) is 45.2 Å². The molecule has 0 unspecified atom stereocenters. The number of amides is 1. The Bertz CT molecular complexity index is 6760. The number of carbonyl (C=O) groups excluding carboxylic acids is 2. The number of aliphatic hydroxyl groups excluding tert-OH is 1. The first-order valence-corrected chi connectivity index (χ1v) is 44.2. The van der Waals surface area contributed by atoms with Crippen molar-refractivity contribution in [1.82, 2.24) is 72.6 Å². The van der Waals surface area contributed by atoms with E-state index in [1.165, 1.54) is 19.0 Å². The molecule has 10 heterocycles. The molecule has 125 heavy (non-hydrogen) atoms. The number of carbonyl (C=O) groups is 2. The Hall–Kier alpha value is -12.0. The normalized spacial score (nSPS) is 11.6. The number of phenolic OH excluding ortho intramolecular Hbond substituents is 1. The molecule has 31 heteroatoms. The number of hydrogen-bond donors (Lipinski definition) is 5. The number of aliphatic hydroxyl groups is 1. The molecule has 16 rings (SSSR count). The molecule has 0 aliphatic carbocycles. The number of esters is 1. The number of nitrogen functional groups attached to an aromatic ring is 3. The Morgan fingerprint density at radius 2 is 0.888 bits per heavy atom. The predicted molar refractivity (Wildman–Crippen MR) is 519 cm³/mol. The van der Waals surface area contributed by atoms with Gasteiger partial charge in [0, 0.05) is 69.4 Å². The number of benzene rings is 6. The van der Waals surface area contributed by atoms with Crippen molar-refractivity contribution in [2.45, 2.75) is 179 Å². The van der Waals surface area contributed by atoms with Gasteiger partial charge in [-0.15, -0.1) is 0 Å². The van der Waals surface area contributed by atoms with E-state index in [-0.39, 0.29) is 83.2 Å². The summed E-state index contributed by atoms with van der Waals surface area (Å²) in [6.07, 6.45) is 4.31. The monoisotopic (exact) mass is 1980 g/mol. The van der Waals surface area contributed by atoms with Crippen LogP contribution in [-0.4, -0.2) is 118 Å². The molecule has 8 N–H and O–H groups in total. The number of aromatic hydroxyl groups is 1. The molecular formula is C94H104BrI2N19O9. The predicted octanol–water partition coefficient (Wildman–Crippen LogP) is 16.9. The first-order valence-electron chi connectivity index (χ1n) is 40.9. The van der Waals surface area contributed by atoms with Gasteiger partial charge in [-0.2, -0.15) is 10.2 Å². The number of phenols is 1. The van der Waals surface area contributed by atoms with E-state index in [0.29, 0.717) is 88.2 Å². The number of hydrogen-bond acceptors (Lipinski definition) is 21. The fourth-order valence-electron chi connectivity index (χ4n) is 15.7. The standard InChI is InChI=1S/C25H24N6O2.C19H19IN6O.C16H23NO3.C14H16BrNO.C14H17NO2.C6H5IN4/c1-14(2)31-18(10-16-7-4-6-15(3)20(16)25(31)33)12-30-24-21(23(26)27-13-28-24)22(29-30)17-8-5-9-19(32)11-17;1-10(2)26-13(7-12-6-4-5-11(3)14(12)19(26)27)8-25-18-15(16(20)24-25)17(21)22-9-23-18;1-6-20-14(18)10-17(11(2)3)16(19)15-12(4)8-7-9-13(15)5;1-9(2)16-12(8-15)7-11-6-4-5-10(3)13(11)14(16)17;1-9(2)15-12(8-16)7-11-6-4-5-10(3)13(11)14(15)17;7-5-4-3(1-9-5)10-2-11-6(4)8/h4-11,13-14,32H,12H2,1-3H3,(H2,26,27,28);4-7,9-10H,8H2,1-3H3,(H2,21,22,23);7-9,11H,6,10H2,1-5H3;4-7,9H,8H2,1-3H3;4-7,9,16H,8H2,1-3H3;2H,1H2,(H2,8,10,11). The molecule has 0 radical (unpaired) electrons. The summed E-state index contributed by atoms with van der Waals surface area (Å²) in [5, 5.41) is 37.6. The quantitative estimate of drug-likeness (QED) is 0.0341. The van der Waals surface area contributed by atoms with Crippen molar-refractivity contribution in [3.05, 3.63) is 277 Å². The van der Waals surface area contributed by atoms with E-state index in [1.807, 2.05) is 229 Å². The largest absolute Gasteiger partial charge is 0.508 e. The van der Waals surface area contributed by atoms with Crippen LogP contribution in [0.15, 0.2) is 183 Å². The first-order chi connectivity index (χ1) is 59.5. The van der Waals surface area contributed by atoms with Crippen molar-refractivity contribution >= 4 is 159 Å². The lowest BCUT2D eigenvalue weighted by atomic mass is 10.0. The maximum absolute atomic E-state index is 13.4. The van der Waals surface area contributed by atoms with E-state index in [0.717, 1.165) is 118 Å². The number of rotatable bonds is 16. The number of nitrogens with two attached hydrogens (primary N) is 3. The number of aliphatic imine (C=N–C) groups is 1. The molecule has 15 aromatic rings. The van der Waals surface area contributed by atoms with E-state index >= 15 is 0 Å². The number of aryl methyl sites for hydroxylation is 6. The summed E-state index contributed by atoms with van der Waals surface area (Å²) in [5.41, 5.74) is 32.2. The van der Waals surface area contributed by atoms with E-state index in [2.05, 4.69) is 113 Å². The van der Waals surface area contributed by atoms with Crippen molar-refractivity contribution in [3.63, 3.8) is 0 Å². The lowest BCUT2D eigenvalue weighted by Crippen LogP contribution is -2.41. The number of ether oxygens (including phenoxy) is 1. The summed E-state index contributed by atoms with van der Waals surface area (Å²) >= 11 is 7.73. The zero-order chi connectivity index (χ0) is 90.9. The molecule has 0 spiro atoms. The summed E-state index contributed by atoms with van der Waals surface area (Å²) in [4.78, 5) is 107. The van der Waals surface area contributed by atoms with Gasteiger partial charge in [-0.05, 0) is 254 Å². The highest BCUT2D eigenvalue weighted by atomic mass is 127. The first kappa shape index (κ1) is 93.7. The number of anilines is 3. The van der Waals surface area contributed by atoms with Crippen LogP contribution in [0.2, 0.25) is 0 Å². The molecule has 9 aromatic heterocycles. The Labute approximate surface area is 759 Å². The van der Waals surface area contributed by atoms with Gasteiger partial charge in [0.1, 0.15) is 61.8 Å². The lowest BCUT2D eigenvalue weighted by molar-refractivity contribution is -0.144. The number of halogens is 3. The lowest BCUT2D eigenvalue weighted by Gasteiger charge is -2.27. The molecule has 650 valence electrons. The van der Waals surface area contributed by atoms with Gasteiger partial charge >= 0.3 is 5.97 Å². The second-order valence-electron chi connectivity index (χ2n) is 31.8. The van der Waals surface area contributed by atoms with Gasteiger partial charge in [0.2, 0.25) is 0 Å². The van der Waals surface area contributed by atoms with Crippen molar-refractivity contribution in [3.8, 4) is 17.0 Å². The summed E-state index contributed by atoms with van der Waals surface area (Å²) in [5.74, 6) is 0.875. The van der Waals surface area contributed by atoms with E-state index < -0.39 is 0 Å². The fraction of sp³-hybridized carbons (Fsp3) is 0.309. The smallest absolute Gasteiger partial charge is 0.325 e. The highest BCUT2D eigenvalue weighted by molar-refractivity contribution is 14.1. The highest BCUT2D eigenvalue weighted by Gasteiger charge is 2.27. The molecule has 0 saturated carbocycles. The number of pyridine rings is 4. The van der Waals surface area contributed by atoms with Crippen molar-refractivity contribution in [1.29, 1.82) is 0 Å². The molecule has 28 nitrogen and oxygen atoms in total. The zero-order valence-electron chi connectivity index (χ0n) is 73.1. The van der Waals surface area contributed by atoms with E-state index in [1.54, 1.807) is 48.5 Å². The van der Waals surface area contributed by atoms with Crippen LogP contribution in [0.4, 0.5) is 17.5 Å². The number of aromatic nitrogens is 14. The average Bonchev–Trinajstić information content (AvgIpc) is 1.52. The molecule has 0 atom stereocenters. The van der Waals surface area contributed by atoms with Crippen LogP contribution in [0.25, 0.3) is 76.4 Å². The minimum absolute atomic E-state index is 0.0142. The number of fused-ring (bicyclic) bond motifs is 7. The zero-order valence-corrected chi connectivity index (χ0v) is 79.0. The fourth-order valence-corrected chi connectivity index (χ4v) is 17.6. The minimum Gasteiger partial charge on any atom is -0.508 e. The maximum Gasteiger partial charge on any atom is 0.325 e. The summed E-state index contributed by atoms with van der Waals surface area (Å²) in [6, 6.07) is 44.3. The molecule has 6 aromatic carbocycles. The average molecular weight is 1980 g/mol. The topological polar surface area (TPSA) is 378 Å². The second kappa shape index (κ2) is 40.8. The van der Waals surface area contributed by atoms with Crippen molar-refractivity contribution in [2.24, 2.45) is 4.99 Å². The van der Waals surface area contributed by atoms with Crippen LogP contribution < -0.4 is 39.4 Å². The Kier molecular flexibility index (Phi) is 30.6. The number of nitrogens with zero attached hydrogens (tertiary/aromatic N) is 16. The van der Waals surface area contributed by atoms with E-state index in [4.69, 9.17) is 27.0 Å². The Balaban J connectivity index is 0.000000150. The van der Waals surface area contributed by atoms with Crippen LogP contribution in [0.1, 0.15) is 178 Å². The Morgan fingerprint density at radius 3 is 1.32 bits per heavy atom. The van der Waals surface area contributed by atoms with Crippen LogP contribution in [-0.2, 0) is 41.1 Å². The Morgan fingerprint density at radius 1 is 0.496 bits per heavy atom. The van der Waals surface area contributed by atoms with Gasteiger partial charge in [0.25, 0.3) is 28.1 Å². The van der Waals surface area contributed by atoms with Crippen LogP contribution in [0.5, 0.6) is 5.75 Å². The molecule has 1 aliphatic rings. The van der Waals surface area contributed by atoms with Gasteiger partial charge in [0.05, 0.1) is 76.4 Å². The molecular weight excluding hydrogens is 1870 g/mol. The second-order valence-corrected chi connectivity index (χ2v) is 34.4. The summed E-state index contributed by atoms with van der Waals surface area (Å²) < 4.78 is 17.3. The van der Waals surface area contributed by atoms with Gasteiger partial charge in [0.15, 0.2) is 11.3 Å². The summed E-state index contributed by atoms with van der Waals surface area (Å²) in [6.45, 7) is 34.8. The third-order valence-corrected chi connectivity index (χ3v) is 23.6. The van der Waals surface area contributed by atoms with Crippen molar-refractivity contribution in [2.75, 3.05) is 30.4 Å². The molecule has 1 aliphatic heterocycles. The SMILES string of the molecule is CCOC(=O)CN(C(=O)c1c(C)cccc1C)C(C)C.Cc1cccc2cc(CBr)n(C(C)C)c(=O)c12.Cc1cccc2cc(CO)n(C(C)C)c(=O)c12.Cc1cccc2cc(Cn3nc(-c4cccc(O)c4)c4c(N)ncnc43)n(C(C)C)c(=O)c12.Cc1cccc2cc(Cn3nc(I)c4c(N)ncnc43)n(C(C)C)c(=O)c12.Nc1ncnc2c1C(I)=NC2. The minimum atomic E-state index is -0.374. The van der Waals surface area contributed by atoms with Gasteiger partial charge in [-0.1, -0.05) is 119 Å². The van der Waals surface area contributed by atoms with Gasteiger partial charge in [-0.25, -0.2) is 39.3 Å². The van der Waals surface area contributed by atoms with Gasteiger partial charge in [-0.3, -0.25) is 33.8 Å². The van der Waals surface area contributed by atoms with Gasteiger partial charge < -0.3 is 55.3 Å².